The first kappa shape index (κ1) is 29.5. The topological polar surface area (TPSA) is 135 Å². The fraction of sp³-hybridized carbons (Fsp3) is 0.240. The predicted octanol–water partition coefficient (Wildman–Crippen LogP) is 4.26. The zero-order valence-corrected chi connectivity index (χ0v) is 21.8. The second-order valence-electron chi connectivity index (χ2n) is 7.97. The number of alkyl halides is 3. The van der Waals surface area contributed by atoms with Gasteiger partial charge in [-0.15, -0.1) is 0 Å². The Bertz CT molecular complexity index is 1390. The van der Waals surface area contributed by atoms with E-state index in [1.54, 1.807) is 0 Å². The van der Waals surface area contributed by atoms with Gasteiger partial charge in [0.05, 0.1) is 58.5 Å². The number of rotatable bonds is 7. The van der Waals surface area contributed by atoms with Crippen LogP contribution >= 0.6 is 23.4 Å². The SMILES string of the molecule is COC(=O)c1ccc([C@@H]2C(C#N)=C(SCC(=O)Nc3cc(C(F)(F)F)ccc3Cl)NC(=O)[C@@H]2C(=O)OC)cc1. The summed E-state index contributed by atoms with van der Waals surface area (Å²) in [5.41, 5.74) is -0.820. The molecule has 0 unspecified atom stereocenters. The van der Waals surface area contributed by atoms with Crippen LogP contribution in [-0.2, 0) is 30.0 Å². The van der Waals surface area contributed by atoms with Crippen LogP contribution in [0.2, 0.25) is 5.02 Å². The van der Waals surface area contributed by atoms with Crippen molar-refractivity contribution < 1.29 is 41.8 Å². The summed E-state index contributed by atoms with van der Waals surface area (Å²) in [6, 6.07) is 10.1. The number of amides is 2. The summed E-state index contributed by atoms with van der Waals surface area (Å²) in [5.74, 6) is -6.09. The molecule has 2 aromatic rings. The van der Waals surface area contributed by atoms with E-state index in [1.165, 1.54) is 31.4 Å². The van der Waals surface area contributed by atoms with Gasteiger partial charge in [0, 0.05) is 5.92 Å². The lowest BCUT2D eigenvalue weighted by Gasteiger charge is -2.31. The molecule has 0 saturated carbocycles. The van der Waals surface area contributed by atoms with Gasteiger partial charge in [-0.05, 0) is 35.9 Å². The zero-order chi connectivity index (χ0) is 28.9. The molecule has 0 saturated heterocycles. The van der Waals surface area contributed by atoms with Gasteiger partial charge in [0.25, 0.3) is 0 Å². The molecular weight excluding hydrogens is 563 g/mol. The molecule has 2 N–H and O–H groups in total. The Morgan fingerprint density at radius 2 is 1.79 bits per heavy atom. The average molecular weight is 582 g/mol. The first-order chi connectivity index (χ1) is 18.4. The molecule has 1 aliphatic rings. The summed E-state index contributed by atoms with van der Waals surface area (Å²) in [6.45, 7) is 0. The number of methoxy groups -OCH3 is 2. The molecule has 0 spiro atoms. The quantitative estimate of drug-likeness (QED) is 0.366. The van der Waals surface area contributed by atoms with E-state index in [-0.39, 0.29) is 26.9 Å². The minimum atomic E-state index is -4.65. The molecule has 2 atom stereocenters. The first-order valence-corrected chi connectivity index (χ1v) is 12.3. The fourth-order valence-corrected chi connectivity index (χ4v) is 4.76. The number of anilines is 1. The van der Waals surface area contributed by atoms with E-state index in [1.807, 2.05) is 6.07 Å². The van der Waals surface area contributed by atoms with Crippen molar-refractivity contribution in [2.75, 3.05) is 25.3 Å². The molecule has 2 amide bonds. The van der Waals surface area contributed by atoms with Crippen LogP contribution in [0.5, 0.6) is 0 Å². The fourth-order valence-electron chi connectivity index (χ4n) is 3.75. The van der Waals surface area contributed by atoms with Crippen molar-refractivity contribution in [2.45, 2.75) is 12.1 Å². The second kappa shape index (κ2) is 12.2. The molecule has 2 aromatic carbocycles. The Kier molecular flexibility index (Phi) is 9.26. The Labute approximate surface area is 229 Å². The number of esters is 2. The maximum absolute atomic E-state index is 13.0. The van der Waals surface area contributed by atoms with Crippen molar-refractivity contribution >= 4 is 52.8 Å². The third kappa shape index (κ3) is 6.71. The molecule has 3 rings (SSSR count). The van der Waals surface area contributed by atoms with Crippen molar-refractivity contribution in [2.24, 2.45) is 5.92 Å². The summed E-state index contributed by atoms with van der Waals surface area (Å²) in [6.07, 6.45) is -4.65. The van der Waals surface area contributed by atoms with Gasteiger partial charge in [0.15, 0.2) is 0 Å². The van der Waals surface area contributed by atoms with Crippen LogP contribution < -0.4 is 10.6 Å². The number of thioether (sulfide) groups is 1. The highest BCUT2D eigenvalue weighted by molar-refractivity contribution is 8.03. The highest BCUT2D eigenvalue weighted by atomic mass is 35.5. The molecule has 0 radical (unpaired) electrons. The lowest BCUT2D eigenvalue weighted by atomic mass is 9.78. The largest absolute Gasteiger partial charge is 0.468 e. The summed E-state index contributed by atoms with van der Waals surface area (Å²) >= 11 is 6.65. The number of carbonyl (C=O) groups excluding carboxylic acids is 4. The summed E-state index contributed by atoms with van der Waals surface area (Å²) < 4.78 is 48.5. The number of nitrogens with one attached hydrogen (secondary N) is 2. The maximum atomic E-state index is 13.0. The van der Waals surface area contributed by atoms with Gasteiger partial charge in [-0.3, -0.25) is 14.4 Å². The molecule has 14 heteroatoms. The maximum Gasteiger partial charge on any atom is 0.416 e. The number of nitrogens with zero attached hydrogens (tertiary/aromatic N) is 1. The smallest absolute Gasteiger partial charge is 0.416 e. The van der Waals surface area contributed by atoms with Gasteiger partial charge in [0.1, 0.15) is 5.92 Å². The lowest BCUT2D eigenvalue weighted by Crippen LogP contribution is -2.44. The van der Waals surface area contributed by atoms with Crippen molar-refractivity contribution in [3.63, 3.8) is 0 Å². The van der Waals surface area contributed by atoms with Crippen LogP contribution in [0.1, 0.15) is 27.4 Å². The molecule has 0 bridgehead atoms. The van der Waals surface area contributed by atoms with E-state index in [0.717, 1.165) is 31.0 Å². The van der Waals surface area contributed by atoms with E-state index >= 15 is 0 Å². The van der Waals surface area contributed by atoms with Crippen molar-refractivity contribution in [3.8, 4) is 6.07 Å². The summed E-state index contributed by atoms with van der Waals surface area (Å²) in [7, 11) is 2.28. The molecule has 39 heavy (non-hydrogen) atoms. The van der Waals surface area contributed by atoms with Crippen LogP contribution in [0.25, 0.3) is 0 Å². The second-order valence-corrected chi connectivity index (χ2v) is 9.36. The monoisotopic (exact) mass is 581 g/mol. The lowest BCUT2D eigenvalue weighted by molar-refractivity contribution is -0.150. The zero-order valence-electron chi connectivity index (χ0n) is 20.2. The Morgan fingerprint density at radius 1 is 1.13 bits per heavy atom. The van der Waals surface area contributed by atoms with Crippen molar-refractivity contribution in [1.82, 2.24) is 5.32 Å². The number of carbonyl (C=O) groups is 4. The van der Waals surface area contributed by atoms with Crippen molar-refractivity contribution in [1.29, 1.82) is 5.26 Å². The average Bonchev–Trinajstić information content (AvgIpc) is 2.91. The number of hydrogen-bond donors (Lipinski definition) is 2. The van der Waals surface area contributed by atoms with Gasteiger partial charge in [0.2, 0.25) is 11.8 Å². The molecule has 1 heterocycles. The van der Waals surface area contributed by atoms with Gasteiger partial charge < -0.3 is 20.1 Å². The Balaban J connectivity index is 1.90. The number of allylic oxidation sites excluding steroid dienone is 1. The first-order valence-electron chi connectivity index (χ1n) is 10.9. The molecule has 0 aromatic heterocycles. The highest BCUT2D eigenvalue weighted by Gasteiger charge is 2.44. The summed E-state index contributed by atoms with van der Waals surface area (Å²) in [5, 5.41) is 14.5. The van der Waals surface area contributed by atoms with Crippen LogP contribution in [0.3, 0.4) is 0 Å². The van der Waals surface area contributed by atoms with Crippen LogP contribution in [0.4, 0.5) is 18.9 Å². The molecule has 204 valence electrons. The third-order valence-electron chi connectivity index (χ3n) is 5.59. The van der Waals surface area contributed by atoms with E-state index in [4.69, 9.17) is 16.3 Å². The standard InChI is InChI=1S/C25H19ClF3N3O6S/c1-37-23(35)13-5-3-12(4-6-13)19-15(10-30)22(32-21(34)20(19)24(36)38-2)39-11-18(33)31-17-9-14(25(27,28)29)7-8-16(17)26/h3-9,19-20H,11H2,1-2H3,(H,31,33)(H,32,34)/t19-,20-/m1/s1. The highest BCUT2D eigenvalue weighted by Crippen LogP contribution is 2.40. The number of ether oxygens (including phenoxy) is 2. The number of benzene rings is 2. The Morgan fingerprint density at radius 3 is 2.36 bits per heavy atom. The minimum absolute atomic E-state index is 0.0324. The van der Waals surface area contributed by atoms with Crippen LogP contribution in [0, 0.1) is 17.2 Å². The van der Waals surface area contributed by atoms with E-state index < -0.39 is 53.1 Å². The molecule has 0 aliphatic carbocycles. The van der Waals surface area contributed by atoms with Gasteiger partial charge >= 0.3 is 18.1 Å². The molecule has 1 aliphatic heterocycles. The van der Waals surface area contributed by atoms with Crippen molar-refractivity contribution in [3.05, 3.63) is 74.8 Å². The Hall–Kier alpha value is -4.02. The molecular formula is C25H19ClF3N3O6S. The van der Waals surface area contributed by atoms with E-state index in [2.05, 4.69) is 15.4 Å². The molecule has 9 nitrogen and oxygen atoms in total. The minimum Gasteiger partial charge on any atom is -0.468 e. The normalized spacial score (nSPS) is 17.1. The van der Waals surface area contributed by atoms with Gasteiger partial charge in [-0.2, -0.15) is 18.4 Å². The third-order valence-corrected chi connectivity index (χ3v) is 6.94. The van der Waals surface area contributed by atoms with Crippen LogP contribution in [0.15, 0.2) is 53.1 Å². The van der Waals surface area contributed by atoms with Gasteiger partial charge in [-0.1, -0.05) is 35.5 Å². The predicted molar refractivity (Wildman–Crippen MR) is 134 cm³/mol. The van der Waals surface area contributed by atoms with E-state index in [9.17, 15) is 37.6 Å². The van der Waals surface area contributed by atoms with E-state index in [0.29, 0.717) is 11.6 Å². The number of halogens is 4. The molecule has 0 fully saturated rings. The number of hydrogen-bond acceptors (Lipinski definition) is 8. The number of nitriles is 1. The van der Waals surface area contributed by atoms with Gasteiger partial charge in [-0.25, -0.2) is 4.79 Å². The van der Waals surface area contributed by atoms with Crippen LogP contribution in [-0.4, -0.2) is 43.7 Å². The summed E-state index contributed by atoms with van der Waals surface area (Å²) in [4.78, 5) is 49.7.